The molecule has 0 aliphatic carbocycles. The van der Waals surface area contributed by atoms with E-state index in [4.69, 9.17) is 9.40 Å². The van der Waals surface area contributed by atoms with Gasteiger partial charge in [-0.15, -0.1) is 11.3 Å². The monoisotopic (exact) mass is 292 g/mol. The lowest BCUT2D eigenvalue weighted by Crippen LogP contribution is -2.35. The maximum Gasteiger partial charge on any atom is 0.127 e. The van der Waals surface area contributed by atoms with Crippen LogP contribution in [0.5, 0.6) is 0 Å². The van der Waals surface area contributed by atoms with Crippen LogP contribution in [0.4, 0.5) is 0 Å². The Kier molecular flexibility index (Phi) is 4.66. The quantitative estimate of drug-likeness (QED) is 0.878. The highest BCUT2D eigenvalue weighted by Crippen LogP contribution is 2.31. The van der Waals surface area contributed by atoms with Gasteiger partial charge in [-0.1, -0.05) is 13.3 Å². The van der Waals surface area contributed by atoms with Crippen LogP contribution in [0.15, 0.2) is 16.7 Å². The third-order valence-electron chi connectivity index (χ3n) is 3.13. The van der Waals surface area contributed by atoms with Gasteiger partial charge in [-0.25, -0.2) is 4.98 Å². The summed E-state index contributed by atoms with van der Waals surface area (Å²) in [7, 11) is 0. The van der Waals surface area contributed by atoms with Crippen LogP contribution in [0.3, 0.4) is 0 Å². The number of thiazole rings is 1. The molecule has 3 nitrogen and oxygen atoms in total. The van der Waals surface area contributed by atoms with E-state index < -0.39 is 0 Å². The van der Waals surface area contributed by atoms with Gasteiger partial charge in [0.1, 0.15) is 10.8 Å². The fourth-order valence-corrected chi connectivity index (χ4v) is 3.14. The molecule has 4 heteroatoms. The predicted octanol–water partition coefficient (Wildman–Crippen LogP) is 4.55. The summed E-state index contributed by atoms with van der Waals surface area (Å²) in [5.74, 6) is 0.942. The number of rotatable bonds is 5. The molecule has 1 N–H and O–H groups in total. The summed E-state index contributed by atoms with van der Waals surface area (Å²) >= 11 is 1.78. The van der Waals surface area contributed by atoms with Gasteiger partial charge < -0.3 is 9.73 Å². The molecule has 20 heavy (non-hydrogen) atoms. The Hall–Kier alpha value is -1.13. The van der Waals surface area contributed by atoms with E-state index in [9.17, 15) is 0 Å². The van der Waals surface area contributed by atoms with E-state index in [1.54, 1.807) is 17.6 Å². The standard InChI is InChI=1S/C16H24N2OS/c1-6-7-13-14(10-17-16(3,4)5)20-15(18-13)12-8-9-19-11(12)2/h8-9,17H,6-7,10H2,1-5H3. The molecule has 2 rings (SSSR count). The second kappa shape index (κ2) is 6.10. The zero-order chi connectivity index (χ0) is 14.8. The van der Waals surface area contributed by atoms with Gasteiger partial charge in [-0.05, 0) is 40.2 Å². The molecule has 0 spiro atoms. The molecule has 0 atom stereocenters. The molecule has 0 aliphatic rings. The number of furan rings is 1. The van der Waals surface area contributed by atoms with Crippen LogP contribution in [-0.2, 0) is 13.0 Å². The lowest BCUT2D eigenvalue weighted by molar-refractivity contribution is 0.425. The molecule has 0 saturated carbocycles. The van der Waals surface area contributed by atoms with Crippen molar-refractivity contribution in [1.29, 1.82) is 0 Å². The van der Waals surface area contributed by atoms with Crippen molar-refractivity contribution in [3.05, 3.63) is 28.7 Å². The number of aryl methyl sites for hydroxylation is 2. The Labute approximate surface area is 125 Å². The average molecular weight is 292 g/mol. The Bertz CT molecular complexity index is 563. The Morgan fingerprint density at radius 1 is 1.35 bits per heavy atom. The highest BCUT2D eigenvalue weighted by atomic mass is 32.1. The molecule has 0 aromatic carbocycles. The van der Waals surface area contributed by atoms with Crippen LogP contribution >= 0.6 is 11.3 Å². The highest BCUT2D eigenvalue weighted by molar-refractivity contribution is 7.15. The van der Waals surface area contributed by atoms with Gasteiger partial charge in [0, 0.05) is 17.0 Å². The number of hydrogen-bond donors (Lipinski definition) is 1. The minimum absolute atomic E-state index is 0.124. The summed E-state index contributed by atoms with van der Waals surface area (Å²) in [4.78, 5) is 6.17. The van der Waals surface area contributed by atoms with Crippen molar-refractivity contribution in [2.75, 3.05) is 0 Å². The van der Waals surface area contributed by atoms with E-state index in [0.717, 1.165) is 35.7 Å². The fourth-order valence-electron chi connectivity index (χ4n) is 2.02. The van der Waals surface area contributed by atoms with E-state index in [0.29, 0.717) is 0 Å². The van der Waals surface area contributed by atoms with Crippen LogP contribution in [0.25, 0.3) is 10.6 Å². The van der Waals surface area contributed by atoms with Gasteiger partial charge in [-0.3, -0.25) is 0 Å². The van der Waals surface area contributed by atoms with Gasteiger partial charge in [-0.2, -0.15) is 0 Å². The Morgan fingerprint density at radius 3 is 2.65 bits per heavy atom. The van der Waals surface area contributed by atoms with Crippen molar-refractivity contribution in [1.82, 2.24) is 10.3 Å². The molecule has 0 unspecified atom stereocenters. The zero-order valence-electron chi connectivity index (χ0n) is 13.0. The van der Waals surface area contributed by atoms with Crippen molar-refractivity contribution in [3.63, 3.8) is 0 Å². The van der Waals surface area contributed by atoms with Crippen LogP contribution in [0.2, 0.25) is 0 Å². The van der Waals surface area contributed by atoms with Crippen molar-refractivity contribution < 1.29 is 4.42 Å². The molecule has 2 aromatic heterocycles. The number of nitrogens with zero attached hydrogens (tertiary/aromatic N) is 1. The molecule has 2 aromatic rings. The molecular formula is C16H24N2OS. The number of hydrogen-bond acceptors (Lipinski definition) is 4. The van der Waals surface area contributed by atoms with Gasteiger partial charge >= 0.3 is 0 Å². The zero-order valence-corrected chi connectivity index (χ0v) is 13.9. The molecule has 0 amide bonds. The van der Waals surface area contributed by atoms with Gasteiger partial charge in [0.15, 0.2) is 0 Å². The minimum atomic E-state index is 0.124. The van der Waals surface area contributed by atoms with E-state index in [1.165, 1.54) is 10.6 Å². The third kappa shape index (κ3) is 3.70. The van der Waals surface area contributed by atoms with Crippen LogP contribution in [0, 0.1) is 6.92 Å². The summed E-state index contributed by atoms with van der Waals surface area (Å²) in [6, 6.07) is 2.00. The largest absolute Gasteiger partial charge is 0.469 e. The highest BCUT2D eigenvalue weighted by Gasteiger charge is 2.16. The summed E-state index contributed by atoms with van der Waals surface area (Å²) in [6.07, 6.45) is 3.89. The molecular weight excluding hydrogens is 268 g/mol. The van der Waals surface area contributed by atoms with E-state index in [2.05, 4.69) is 33.0 Å². The van der Waals surface area contributed by atoms with Gasteiger partial charge in [0.2, 0.25) is 0 Å². The second-order valence-corrected chi connectivity index (χ2v) is 7.22. The first-order chi connectivity index (χ1) is 9.40. The van der Waals surface area contributed by atoms with Gasteiger partial charge in [0.05, 0.1) is 17.5 Å². The maximum absolute atomic E-state index is 5.39. The number of nitrogens with one attached hydrogen (secondary N) is 1. The van der Waals surface area contributed by atoms with Crippen molar-refractivity contribution in [3.8, 4) is 10.6 Å². The summed E-state index contributed by atoms with van der Waals surface area (Å²) in [5.41, 5.74) is 2.47. The lowest BCUT2D eigenvalue weighted by atomic mass is 10.1. The molecule has 110 valence electrons. The van der Waals surface area contributed by atoms with E-state index in [1.807, 2.05) is 13.0 Å². The van der Waals surface area contributed by atoms with Crippen molar-refractivity contribution >= 4 is 11.3 Å². The Balaban J connectivity index is 2.26. The first-order valence-electron chi connectivity index (χ1n) is 7.19. The maximum atomic E-state index is 5.39. The van der Waals surface area contributed by atoms with Crippen molar-refractivity contribution in [2.45, 2.75) is 59.5 Å². The molecule has 0 aliphatic heterocycles. The summed E-state index contributed by atoms with van der Waals surface area (Å²) < 4.78 is 5.39. The fraction of sp³-hybridized carbons (Fsp3) is 0.562. The van der Waals surface area contributed by atoms with E-state index in [-0.39, 0.29) is 5.54 Å². The number of aromatic nitrogens is 1. The van der Waals surface area contributed by atoms with Crippen LogP contribution in [-0.4, -0.2) is 10.5 Å². The minimum Gasteiger partial charge on any atom is -0.469 e. The molecule has 2 heterocycles. The van der Waals surface area contributed by atoms with Crippen LogP contribution in [0.1, 0.15) is 50.4 Å². The third-order valence-corrected chi connectivity index (χ3v) is 4.26. The van der Waals surface area contributed by atoms with Crippen molar-refractivity contribution in [2.24, 2.45) is 0 Å². The van der Waals surface area contributed by atoms with E-state index >= 15 is 0 Å². The smallest absolute Gasteiger partial charge is 0.127 e. The first-order valence-corrected chi connectivity index (χ1v) is 8.00. The molecule has 0 fully saturated rings. The predicted molar refractivity (Wildman–Crippen MR) is 85.1 cm³/mol. The summed E-state index contributed by atoms with van der Waals surface area (Å²) in [6.45, 7) is 11.6. The lowest BCUT2D eigenvalue weighted by Gasteiger charge is -2.20. The van der Waals surface area contributed by atoms with Crippen LogP contribution < -0.4 is 5.32 Å². The Morgan fingerprint density at radius 2 is 2.10 bits per heavy atom. The average Bonchev–Trinajstić information content (AvgIpc) is 2.92. The molecule has 0 radical (unpaired) electrons. The second-order valence-electron chi connectivity index (χ2n) is 6.13. The SMILES string of the molecule is CCCc1nc(-c2ccoc2C)sc1CNC(C)(C)C. The topological polar surface area (TPSA) is 38.1 Å². The first kappa shape index (κ1) is 15.3. The van der Waals surface area contributed by atoms with Gasteiger partial charge in [0.25, 0.3) is 0 Å². The normalized spacial score (nSPS) is 12.1. The molecule has 0 bridgehead atoms. The summed E-state index contributed by atoms with van der Waals surface area (Å²) in [5, 5.41) is 4.63. The molecule has 0 saturated heterocycles.